The molecule has 1 aromatic carbocycles. The number of hydrogen-bond acceptors (Lipinski definition) is 4. The Kier molecular flexibility index (Phi) is 5.15. The maximum absolute atomic E-state index is 11.8. The number of carbonyl (C=O) groups is 2. The molecule has 0 aliphatic heterocycles. The standard InChI is InChI=1S/C16H20N2O4/c1-15(2,3)22-14(21)18-16(4,13(19)20)9-11-5-7-12(10-17)8-6-11/h5-8H,9H2,1-4H3,(H,18,21)(H,19,20)/t16-/m0/s1. The summed E-state index contributed by atoms with van der Waals surface area (Å²) in [6.45, 7) is 6.51. The third-order valence-electron chi connectivity index (χ3n) is 2.89. The number of hydrogen-bond donors (Lipinski definition) is 2. The third-order valence-corrected chi connectivity index (χ3v) is 2.89. The number of ether oxygens (including phenoxy) is 1. The Bertz CT molecular complexity index is 596. The van der Waals surface area contributed by atoms with Crippen LogP contribution in [0, 0.1) is 11.3 Å². The van der Waals surface area contributed by atoms with Crippen molar-refractivity contribution in [2.45, 2.75) is 45.3 Å². The van der Waals surface area contributed by atoms with Crippen molar-refractivity contribution in [3.8, 4) is 6.07 Å². The van der Waals surface area contributed by atoms with E-state index in [-0.39, 0.29) is 6.42 Å². The van der Waals surface area contributed by atoms with E-state index in [1.54, 1.807) is 45.0 Å². The summed E-state index contributed by atoms with van der Waals surface area (Å²) in [5.74, 6) is -1.16. The van der Waals surface area contributed by atoms with E-state index in [4.69, 9.17) is 10.00 Å². The van der Waals surface area contributed by atoms with Crippen LogP contribution in [0.3, 0.4) is 0 Å². The van der Waals surface area contributed by atoms with Gasteiger partial charge in [-0.05, 0) is 45.4 Å². The summed E-state index contributed by atoms with van der Waals surface area (Å²) < 4.78 is 5.10. The van der Waals surface area contributed by atoms with Gasteiger partial charge in [0.1, 0.15) is 11.1 Å². The van der Waals surface area contributed by atoms with Gasteiger partial charge >= 0.3 is 12.1 Å². The van der Waals surface area contributed by atoms with Crippen LogP contribution in [-0.4, -0.2) is 28.3 Å². The van der Waals surface area contributed by atoms with Gasteiger partial charge in [-0.3, -0.25) is 0 Å². The number of carboxylic acid groups (broad SMARTS) is 1. The predicted octanol–water partition coefficient (Wildman–Crippen LogP) is 2.47. The second kappa shape index (κ2) is 6.48. The molecule has 6 heteroatoms. The molecule has 6 nitrogen and oxygen atoms in total. The molecule has 0 radical (unpaired) electrons. The SMILES string of the molecule is CC(C)(C)OC(=O)N[C@@](C)(Cc1ccc(C#N)cc1)C(=O)O. The summed E-state index contributed by atoms with van der Waals surface area (Å²) in [5, 5.41) is 20.6. The molecule has 0 bridgehead atoms. The first-order chi connectivity index (χ1) is 10.1. The maximum Gasteiger partial charge on any atom is 0.408 e. The molecule has 0 aromatic heterocycles. The molecule has 2 N–H and O–H groups in total. The minimum atomic E-state index is -1.50. The second-order valence-electron chi connectivity index (χ2n) is 6.25. The summed E-state index contributed by atoms with van der Waals surface area (Å²) >= 11 is 0. The first-order valence-corrected chi connectivity index (χ1v) is 6.79. The fraction of sp³-hybridized carbons (Fsp3) is 0.438. The molecule has 0 saturated heterocycles. The summed E-state index contributed by atoms with van der Waals surface area (Å²) in [5.41, 5.74) is -1.03. The zero-order valence-electron chi connectivity index (χ0n) is 13.1. The molecule has 1 aromatic rings. The average Bonchev–Trinajstić information content (AvgIpc) is 2.36. The lowest BCUT2D eigenvalue weighted by atomic mass is 9.92. The van der Waals surface area contributed by atoms with Crippen LogP contribution >= 0.6 is 0 Å². The van der Waals surface area contributed by atoms with Crippen LogP contribution < -0.4 is 5.32 Å². The van der Waals surface area contributed by atoms with Gasteiger partial charge in [0, 0.05) is 6.42 Å². The summed E-state index contributed by atoms with van der Waals surface area (Å²) in [6.07, 6.45) is -0.709. The van der Waals surface area contributed by atoms with Crippen molar-refractivity contribution in [1.29, 1.82) is 5.26 Å². The van der Waals surface area contributed by atoms with E-state index in [1.807, 2.05) is 6.07 Å². The number of carboxylic acids is 1. The van der Waals surface area contributed by atoms with Crippen LogP contribution in [-0.2, 0) is 16.0 Å². The Balaban J connectivity index is 2.89. The van der Waals surface area contributed by atoms with Crippen LogP contribution in [0.4, 0.5) is 4.79 Å². The van der Waals surface area contributed by atoms with Crippen molar-refractivity contribution >= 4 is 12.1 Å². The Morgan fingerprint density at radius 1 is 1.23 bits per heavy atom. The zero-order valence-corrected chi connectivity index (χ0v) is 13.1. The summed E-state index contributed by atoms with van der Waals surface area (Å²) in [7, 11) is 0. The van der Waals surface area contributed by atoms with Gasteiger partial charge in [-0.25, -0.2) is 9.59 Å². The Labute approximate surface area is 129 Å². The van der Waals surface area contributed by atoms with E-state index < -0.39 is 23.2 Å². The number of nitriles is 1. The fourth-order valence-electron chi connectivity index (χ4n) is 1.81. The normalized spacial score (nSPS) is 13.6. The second-order valence-corrected chi connectivity index (χ2v) is 6.25. The van der Waals surface area contributed by atoms with E-state index >= 15 is 0 Å². The molecule has 0 fully saturated rings. The van der Waals surface area contributed by atoms with Gasteiger partial charge in [0.25, 0.3) is 0 Å². The summed E-state index contributed by atoms with van der Waals surface area (Å²) in [6, 6.07) is 8.52. The number of alkyl carbamates (subject to hydrolysis) is 1. The minimum Gasteiger partial charge on any atom is -0.480 e. The predicted molar refractivity (Wildman–Crippen MR) is 80.3 cm³/mol. The topological polar surface area (TPSA) is 99.4 Å². The molecule has 0 aliphatic carbocycles. The lowest BCUT2D eigenvalue weighted by molar-refractivity contribution is -0.144. The smallest absolute Gasteiger partial charge is 0.408 e. The Hall–Kier alpha value is -2.55. The molecular formula is C16H20N2O4. The van der Waals surface area contributed by atoms with E-state index in [9.17, 15) is 14.7 Å². The van der Waals surface area contributed by atoms with Crippen LogP contribution in [0.15, 0.2) is 24.3 Å². The van der Waals surface area contributed by atoms with Crippen molar-refractivity contribution in [2.24, 2.45) is 0 Å². The highest BCUT2D eigenvalue weighted by Crippen LogP contribution is 2.16. The van der Waals surface area contributed by atoms with Crippen molar-refractivity contribution < 1.29 is 19.4 Å². The first-order valence-electron chi connectivity index (χ1n) is 6.79. The molecule has 1 amide bonds. The monoisotopic (exact) mass is 304 g/mol. The van der Waals surface area contributed by atoms with E-state index in [0.717, 1.165) is 0 Å². The van der Waals surface area contributed by atoms with Gasteiger partial charge in [0.15, 0.2) is 0 Å². The lowest BCUT2D eigenvalue weighted by Crippen LogP contribution is -2.54. The number of rotatable bonds is 4. The maximum atomic E-state index is 11.8. The number of benzene rings is 1. The zero-order chi connectivity index (χ0) is 17.0. The molecule has 22 heavy (non-hydrogen) atoms. The molecular weight excluding hydrogens is 284 g/mol. The highest BCUT2D eigenvalue weighted by Gasteiger charge is 2.36. The molecule has 1 rings (SSSR count). The van der Waals surface area contributed by atoms with E-state index in [2.05, 4.69) is 5.32 Å². The van der Waals surface area contributed by atoms with Crippen molar-refractivity contribution in [2.75, 3.05) is 0 Å². The van der Waals surface area contributed by atoms with E-state index in [1.165, 1.54) is 6.92 Å². The minimum absolute atomic E-state index is 0.0767. The lowest BCUT2D eigenvalue weighted by Gasteiger charge is -2.28. The first kappa shape index (κ1) is 17.5. The quantitative estimate of drug-likeness (QED) is 0.890. The number of nitrogens with zero attached hydrogens (tertiary/aromatic N) is 1. The van der Waals surface area contributed by atoms with Gasteiger partial charge in [-0.2, -0.15) is 5.26 Å². The number of nitrogens with one attached hydrogen (secondary N) is 1. The average molecular weight is 304 g/mol. The molecule has 118 valence electrons. The number of amides is 1. The fourth-order valence-corrected chi connectivity index (χ4v) is 1.81. The largest absolute Gasteiger partial charge is 0.480 e. The molecule has 1 atom stereocenters. The van der Waals surface area contributed by atoms with Gasteiger partial charge in [-0.1, -0.05) is 12.1 Å². The van der Waals surface area contributed by atoms with Crippen LogP contribution in [0.1, 0.15) is 38.8 Å². The summed E-state index contributed by atoms with van der Waals surface area (Å²) in [4.78, 5) is 23.4. The Morgan fingerprint density at radius 2 is 1.77 bits per heavy atom. The van der Waals surface area contributed by atoms with Crippen LogP contribution in [0.25, 0.3) is 0 Å². The number of aliphatic carboxylic acids is 1. The van der Waals surface area contributed by atoms with Crippen LogP contribution in [0.5, 0.6) is 0 Å². The highest BCUT2D eigenvalue weighted by molar-refractivity contribution is 5.84. The van der Waals surface area contributed by atoms with Crippen molar-refractivity contribution in [3.63, 3.8) is 0 Å². The Morgan fingerprint density at radius 3 is 2.18 bits per heavy atom. The van der Waals surface area contributed by atoms with Crippen LogP contribution in [0.2, 0.25) is 0 Å². The number of carbonyl (C=O) groups excluding carboxylic acids is 1. The molecule has 0 aliphatic rings. The highest BCUT2D eigenvalue weighted by atomic mass is 16.6. The van der Waals surface area contributed by atoms with E-state index in [0.29, 0.717) is 11.1 Å². The molecule has 0 saturated carbocycles. The van der Waals surface area contributed by atoms with Crippen molar-refractivity contribution in [1.82, 2.24) is 5.32 Å². The van der Waals surface area contributed by atoms with Gasteiger partial charge in [0.05, 0.1) is 11.6 Å². The molecule has 0 spiro atoms. The van der Waals surface area contributed by atoms with Gasteiger partial charge in [0.2, 0.25) is 0 Å². The molecule has 0 unspecified atom stereocenters. The van der Waals surface area contributed by atoms with Gasteiger partial charge < -0.3 is 15.2 Å². The van der Waals surface area contributed by atoms with Crippen molar-refractivity contribution in [3.05, 3.63) is 35.4 Å². The molecule has 0 heterocycles. The third kappa shape index (κ3) is 5.09. The van der Waals surface area contributed by atoms with Gasteiger partial charge in [-0.15, -0.1) is 0 Å².